The Morgan fingerprint density at radius 3 is 3.00 bits per heavy atom. The summed E-state index contributed by atoms with van der Waals surface area (Å²) in [7, 11) is 1.99. The van der Waals surface area contributed by atoms with Crippen LogP contribution < -0.4 is 4.90 Å². The third-order valence-corrected chi connectivity index (χ3v) is 1.42. The van der Waals surface area contributed by atoms with Gasteiger partial charge < -0.3 is 4.90 Å². The van der Waals surface area contributed by atoms with Gasteiger partial charge in [-0.05, 0) is 19.1 Å². The van der Waals surface area contributed by atoms with Gasteiger partial charge in [0.2, 0.25) is 0 Å². The zero-order valence-corrected chi connectivity index (χ0v) is 6.12. The number of hydrogen-bond donors (Lipinski definition) is 0. The summed E-state index contributed by atoms with van der Waals surface area (Å²) in [6.45, 7) is 4.53. The Labute approximate surface area is 61.5 Å². The van der Waals surface area contributed by atoms with Crippen LogP contribution in [0.1, 0.15) is 0 Å². The van der Waals surface area contributed by atoms with Crippen molar-refractivity contribution in [3.8, 4) is 0 Å². The molecule has 0 bridgehead atoms. The Hall–Kier alpha value is -1.05. The summed E-state index contributed by atoms with van der Waals surface area (Å²) in [5.74, 6) is 0. The molecule has 0 saturated heterocycles. The number of nitrogens with zero attached hydrogens (tertiary/aromatic N) is 2. The van der Waals surface area contributed by atoms with Gasteiger partial charge in [0, 0.05) is 19.8 Å². The van der Waals surface area contributed by atoms with E-state index in [9.17, 15) is 0 Å². The molecule has 0 unspecified atom stereocenters. The smallest absolute Gasteiger partial charge is 0.0550 e. The molecule has 1 aromatic heterocycles. The molecule has 2 nitrogen and oxygen atoms in total. The molecule has 0 aliphatic heterocycles. The highest BCUT2D eigenvalue weighted by atomic mass is 15.1. The number of pyridine rings is 1. The minimum absolute atomic E-state index is 0.770. The molecule has 1 aromatic rings. The first-order chi connectivity index (χ1) is 4.84. The van der Waals surface area contributed by atoms with Crippen LogP contribution in [0.15, 0.2) is 24.5 Å². The molecule has 0 fully saturated rings. The van der Waals surface area contributed by atoms with Gasteiger partial charge in [-0.25, -0.2) is 0 Å². The van der Waals surface area contributed by atoms with Crippen LogP contribution in [0.3, 0.4) is 0 Å². The first-order valence-corrected chi connectivity index (χ1v) is 3.25. The van der Waals surface area contributed by atoms with Gasteiger partial charge >= 0.3 is 0 Å². The Morgan fingerprint density at radius 2 is 2.50 bits per heavy atom. The molecule has 1 rings (SSSR count). The summed E-state index contributed by atoms with van der Waals surface area (Å²) in [6.07, 6.45) is 3.59. The average molecular weight is 135 g/mol. The molecule has 0 N–H and O–H groups in total. The van der Waals surface area contributed by atoms with Crippen LogP contribution >= 0.6 is 0 Å². The summed E-state index contributed by atoms with van der Waals surface area (Å²) in [5, 5.41) is 0. The topological polar surface area (TPSA) is 16.1 Å². The van der Waals surface area contributed by atoms with Crippen LogP contribution in [0.25, 0.3) is 0 Å². The van der Waals surface area contributed by atoms with Gasteiger partial charge in [0.05, 0.1) is 11.9 Å². The van der Waals surface area contributed by atoms with Crippen molar-refractivity contribution < 1.29 is 0 Å². The third-order valence-electron chi connectivity index (χ3n) is 1.42. The predicted molar refractivity (Wildman–Crippen MR) is 42.9 cm³/mol. The van der Waals surface area contributed by atoms with E-state index >= 15 is 0 Å². The molecule has 1 radical (unpaired) electrons. The Morgan fingerprint density at radius 1 is 1.70 bits per heavy atom. The predicted octanol–water partition coefficient (Wildman–Crippen LogP) is 1.35. The highest BCUT2D eigenvalue weighted by molar-refractivity contribution is 5.42. The molecular formula is C8H11N2. The summed E-state index contributed by atoms with van der Waals surface area (Å²) >= 11 is 0. The fourth-order valence-electron chi connectivity index (χ4n) is 0.709. The Kier molecular flexibility index (Phi) is 2.26. The van der Waals surface area contributed by atoms with Crippen LogP contribution in [0.2, 0.25) is 0 Å². The van der Waals surface area contributed by atoms with E-state index < -0.39 is 0 Å². The molecule has 0 atom stereocenters. The van der Waals surface area contributed by atoms with E-state index in [1.165, 1.54) is 0 Å². The van der Waals surface area contributed by atoms with Crippen LogP contribution in [0.4, 0.5) is 5.69 Å². The monoisotopic (exact) mass is 135 g/mol. The van der Waals surface area contributed by atoms with Crippen molar-refractivity contribution in [1.29, 1.82) is 0 Å². The van der Waals surface area contributed by atoms with Crippen molar-refractivity contribution >= 4 is 5.69 Å². The van der Waals surface area contributed by atoms with E-state index in [4.69, 9.17) is 0 Å². The van der Waals surface area contributed by atoms with E-state index in [0.717, 1.165) is 12.2 Å². The normalized spacial score (nSPS) is 9.40. The van der Waals surface area contributed by atoms with Gasteiger partial charge in [-0.1, -0.05) is 0 Å². The maximum absolute atomic E-state index is 3.98. The minimum atomic E-state index is 0.770. The Balaban J connectivity index is 2.75. The second-order valence-corrected chi connectivity index (χ2v) is 2.13. The van der Waals surface area contributed by atoms with Crippen molar-refractivity contribution in [2.45, 2.75) is 0 Å². The van der Waals surface area contributed by atoms with Crippen molar-refractivity contribution in [3.63, 3.8) is 0 Å². The molecular weight excluding hydrogens is 124 g/mol. The lowest BCUT2D eigenvalue weighted by atomic mass is 10.4. The van der Waals surface area contributed by atoms with Gasteiger partial charge in [-0.3, -0.25) is 4.98 Å². The van der Waals surface area contributed by atoms with Crippen molar-refractivity contribution in [2.75, 3.05) is 18.5 Å². The molecule has 0 aromatic carbocycles. The molecule has 0 spiro atoms. The SMILES string of the molecule is [CH2]CN(C)c1cccnc1. The van der Waals surface area contributed by atoms with Gasteiger partial charge in [0.25, 0.3) is 0 Å². The first-order valence-electron chi connectivity index (χ1n) is 3.25. The number of hydrogen-bond acceptors (Lipinski definition) is 2. The number of rotatable bonds is 2. The van der Waals surface area contributed by atoms with Crippen molar-refractivity contribution in [2.24, 2.45) is 0 Å². The van der Waals surface area contributed by atoms with E-state index in [2.05, 4.69) is 11.9 Å². The van der Waals surface area contributed by atoms with Gasteiger partial charge in [-0.2, -0.15) is 0 Å². The van der Waals surface area contributed by atoms with E-state index in [0.29, 0.717) is 0 Å². The van der Waals surface area contributed by atoms with Crippen LogP contribution in [0, 0.1) is 6.92 Å². The Bertz CT molecular complexity index is 184. The molecule has 1 heterocycles. The fraction of sp³-hybridized carbons (Fsp3) is 0.250. The van der Waals surface area contributed by atoms with Crippen molar-refractivity contribution in [1.82, 2.24) is 4.98 Å². The lowest BCUT2D eigenvalue weighted by molar-refractivity contribution is 1.02. The van der Waals surface area contributed by atoms with E-state index in [1.54, 1.807) is 6.20 Å². The molecule has 0 aliphatic carbocycles. The standard InChI is InChI=1S/C8H11N2/c1-3-10(2)8-5-4-6-9-7-8/h4-7H,1,3H2,2H3. The van der Waals surface area contributed by atoms with Crippen LogP contribution in [0.5, 0.6) is 0 Å². The van der Waals surface area contributed by atoms with E-state index in [1.807, 2.05) is 30.3 Å². The zero-order valence-electron chi connectivity index (χ0n) is 6.12. The average Bonchev–Trinajstić information content (AvgIpc) is 2.05. The lowest BCUT2D eigenvalue weighted by Crippen LogP contribution is -2.15. The molecule has 53 valence electrons. The number of aromatic nitrogens is 1. The van der Waals surface area contributed by atoms with Gasteiger partial charge in [0.15, 0.2) is 0 Å². The third kappa shape index (κ3) is 1.47. The van der Waals surface area contributed by atoms with Gasteiger partial charge in [0.1, 0.15) is 0 Å². The fourth-order valence-corrected chi connectivity index (χ4v) is 0.709. The first kappa shape index (κ1) is 7.06. The molecule has 10 heavy (non-hydrogen) atoms. The molecule has 0 aliphatic rings. The largest absolute Gasteiger partial charge is 0.373 e. The minimum Gasteiger partial charge on any atom is -0.373 e. The summed E-state index contributed by atoms with van der Waals surface area (Å²) < 4.78 is 0. The summed E-state index contributed by atoms with van der Waals surface area (Å²) in [5.41, 5.74) is 1.11. The zero-order chi connectivity index (χ0) is 7.40. The maximum atomic E-state index is 3.98. The van der Waals surface area contributed by atoms with Crippen LogP contribution in [-0.4, -0.2) is 18.6 Å². The second kappa shape index (κ2) is 3.20. The molecule has 0 saturated carbocycles. The second-order valence-electron chi connectivity index (χ2n) is 2.13. The highest BCUT2D eigenvalue weighted by Crippen LogP contribution is 2.07. The summed E-state index contributed by atoms with van der Waals surface area (Å²) in [4.78, 5) is 6.02. The quantitative estimate of drug-likeness (QED) is 0.608. The van der Waals surface area contributed by atoms with E-state index in [-0.39, 0.29) is 0 Å². The molecule has 0 amide bonds. The van der Waals surface area contributed by atoms with Gasteiger partial charge in [-0.15, -0.1) is 0 Å². The highest BCUT2D eigenvalue weighted by Gasteiger charge is 1.93. The van der Waals surface area contributed by atoms with Crippen molar-refractivity contribution in [3.05, 3.63) is 31.5 Å². The summed E-state index contributed by atoms with van der Waals surface area (Å²) in [6, 6.07) is 3.93. The number of anilines is 1. The lowest BCUT2D eigenvalue weighted by Gasteiger charge is -2.14. The maximum Gasteiger partial charge on any atom is 0.0550 e. The molecule has 2 heteroatoms. The van der Waals surface area contributed by atoms with Crippen LogP contribution in [-0.2, 0) is 0 Å².